The molecule has 0 fully saturated rings. The average molecular weight is 140 g/mol. The van der Waals surface area contributed by atoms with Gasteiger partial charge in [-0.1, -0.05) is 11.6 Å². The van der Waals surface area contributed by atoms with Crippen LogP contribution in [0.1, 0.15) is 6.92 Å². The van der Waals surface area contributed by atoms with Gasteiger partial charge in [0.1, 0.15) is 11.8 Å². The number of allylic oxidation sites excluding steroid dienone is 2. The van der Waals surface area contributed by atoms with Crippen molar-refractivity contribution in [1.29, 1.82) is 0 Å². The second-order valence-electron chi connectivity index (χ2n) is 2.69. The molecule has 0 aromatic carbocycles. The molecule has 10 heavy (non-hydrogen) atoms. The van der Waals surface area contributed by atoms with Gasteiger partial charge in [-0.3, -0.25) is 0 Å². The van der Waals surface area contributed by atoms with Gasteiger partial charge in [0, 0.05) is 0 Å². The van der Waals surface area contributed by atoms with E-state index in [-0.39, 0.29) is 0 Å². The summed E-state index contributed by atoms with van der Waals surface area (Å²) in [6, 6.07) is 0. The van der Waals surface area contributed by atoms with Crippen molar-refractivity contribution in [1.82, 2.24) is 0 Å². The zero-order chi connectivity index (χ0) is 7.78. The summed E-state index contributed by atoms with van der Waals surface area (Å²) in [4.78, 5) is 0. The fourth-order valence-corrected chi connectivity index (χ4v) is 0.823. The highest BCUT2D eigenvalue weighted by molar-refractivity contribution is 5.29. The molecule has 0 saturated carbocycles. The quantitative estimate of drug-likeness (QED) is 0.396. The van der Waals surface area contributed by atoms with E-state index in [4.69, 9.17) is 11.5 Å². The normalized spacial score (nSPS) is 30.0. The van der Waals surface area contributed by atoms with Crippen LogP contribution in [-0.2, 0) is 0 Å². The van der Waals surface area contributed by atoms with Crippen molar-refractivity contribution in [3.8, 4) is 0 Å². The lowest BCUT2D eigenvalue weighted by Gasteiger charge is -2.27. The Morgan fingerprint density at radius 3 is 2.60 bits per heavy atom. The highest BCUT2D eigenvalue weighted by atomic mass is 16.3. The first-order chi connectivity index (χ1) is 4.52. The second-order valence-corrected chi connectivity index (χ2v) is 2.69. The number of aliphatic hydroxyl groups excluding tert-OH is 1. The minimum absolute atomic E-state index is 0.766. The molecular formula is C7H12N2O. The van der Waals surface area contributed by atoms with Crippen LogP contribution < -0.4 is 11.5 Å². The predicted octanol–water partition coefficient (Wildman–Crippen LogP) is -0.523. The average Bonchev–Trinajstić information content (AvgIpc) is 1.81. The molecule has 1 aliphatic carbocycles. The van der Waals surface area contributed by atoms with Gasteiger partial charge in [-0.2, -0.15) is 0 Å². The summed E-state index contributed by atoms with van der Waals surface area (Å²) >= 11 is 0. The molecule has 1 unspecified atom stereocenters. The minimum atomic E-state index is -1.08. The summed E-state index contributed by atoms with van der Waals surface area (Å²) in [7, 11) is 0. The lowest BCUT2D eigenvalue weighted by atomic mass is 9.96. The maximum atomic E-state index is 9.23. The van der Waals surface area contributed by atoms with Gasteiger partial charge in [-0.05, 0) is 19.1 Å². The Morgan fingerprint density at radius 2 is 2.20 bits per heavy atom. The highest BCUT2D eigenvalue weighted by Crippen LogP contribution is 2.13. The molecule has 1 atom stereocenters. The van der Waals surface area contributed by atoms with Crippen LogP contribution in [0, 0.1) is 0 Å². The Balaban J connectivity index is 2.84. The Labute approximate surface area is 60.0 Å². The Hall–Kier alpha value is -0.640. The van der Waals surface area contributed by atoms with Gasteiger partial charge in [0.2, 0.25) is 0 Å². The fraction of sp³-hybridized carbons (Fsp3) is 0.429. The van der Waals surface area contributed by atoms with E-state index in [1.807, 2.05) is 6.92 Å². The van der Waals surface area contributed by atoms with Crippen molar-refractivity contribution in [2.75, 3.05) is 0 Å². The zero-order valence-electron chi connectivity index (χ0n) is 5.91. The molecule has 0 heterocycles. The van der Waals surface area contributed by atoms with Gasteiger partial charge in [0.15, 0.2) is 0 Å². The molecule has 3 nitrogen and oxygen atoms in total. The standard InChI is InChI=1S/C7H12N2O/c1-5-2-3-7(8,9)6(10)4-5/h2-4,6,10H,8-9H2,1H3. The first-order valence-electron chi connectivity index (χ1n) is 3.16. The maximum absolute atomic E-state index is 9.23. The third-order valence-corrected chi connectivity index (χ3v) is 1.57. The molecule has 0 spiro atoms. The van der Waals surface area contributed by atoms with Crippen molar-refractivity contribution < 1.29 is 5.11 Å². The molecule has 0 radical (unpaired) electrons. The van der Waals surface area contributed by atoms with Gasteiger partial charge in [-0.25, -0.2) is 0 Å². The maximum Gasteiger partial charge on any atom is 0.114 e. The highest BCUT2D eigenvalue weighted by Gasteiger charge is 2.26. The molecule has 0 saturated heterocycles. The molecular weight excluding hydrogens is 128 g/mol. The van der Waals surface area contributed by atoms with E-state index in [0.29, 0.717) is 0 Å². The Bertz CT molecular complexity index is 194. The largest absolute Gasteiger partial charge is 0.385 e. The van der Waals surface area contributed by atoms with E-state index >= 15 is 0 Å². The van der Waals surface area contributed by atoms with E-state index in [1.165, 1.54) is 0 Å². The van der Waals surface area contributed by atoms with Crippen LogP contribution in [0.15, 0.2) is 23.8 Å². The summed E-state index contributed by atoms with van der Waals surface area (Å²) < 4.78 is 0. The van der Waals surface area contributed by atoms with Gasteiger partial charge in [0.05, 0.1) is 0 Å². The predicted molar refractivity (Wildman–Crippen MR) is 40.0 cm³/mol. The van der Waals surface area contributed by atoms with Crippen LogP contribution in [0.2, 0.25) is 0 Å². The topological polar surface area (TPSA) is 72.3 Å². The first kappa shape index (κ1) is 7.47. The van der Waals surface area contributed by atoms with Crippen LogP contribution in [0.25, 0.3) is 0 Å². The van der Waals surface area contributed by atoms with Crippen LogP contribution >= 0.6 is 0 Å². The first-order valence-corrected chi connectivity index (χ1v) is 3.16. The van der Waals surface area contributed by atoms with Gasteiger partial charge in [0.25, 0.3) is 0 Å². The molecule has 56 valence electrons. The van der Waals surface area contributed by atoms with E-state index < -0.39 is 11.8 Å². The van der Waals surface area contributed by atoms with Crippen molar-refractivity contribution in [3.63, 3.8) is 0 Å². The van der Waals surface area contributed by atoms with E-state index in [2.05, 4.69) is 0 Å². The van der Waals surface area contributed by atoms with E-state index in [1.54, 1.807) is 18.2 Å². The summed E-state index contributed by atoms with van der Waals surface area (Å²) in [5, 5.41) is 9.23. The van der Waals surface area contributed by atoms with Crippen molar-refractivity contribution in [3.05, 3.63) is 23.8 Å². The minimum Gasteiger partial charge on any atom is -0.385 e. The molecule has 0 aromatic heterocycles. The van der Waals surface area contributed by atoms with Crippen LogP contribution in [0.4, 0.5) is 0 Å². The fourth-order valence-electron chi connectivity index (χ4n) is 0.823. The van der Waals surface area contributed by atoms with Gasteiger partial charge in [-0.15, -0.1) is 0 Å². The monoisotopic (exact) mass is 140 g/mol. The number of hydrogen-bond donors (Lipinski definition) is 3. The van der Waals surface area contributed by atoms with Crippen LogP contribution in [0.3, 0.4) is 0 Å². The lowest BCUT2D eigenvalue weighted by Crippen LogP contribution is -2.57. The lowest BCUT2D eigenvalue weighted by molar-refractivity contribution is 0.155. The molecule has 3 heteroatoms. The molecule has 1 aliphatic rings. The second kappa shape index (κ2) is 2.20. The van der Waals surface area contributed by atoms with Crippen molar-refractivity contribution >= 4 is 0 Å². The summed E-state index contributed by atoms with van der Waals surface area (Å²) in [6.45, 7) is 1.88. The Morgan fingerprint density at radius 1 is 1.60 bits per heavy atom. The van der Waals surface area contributed by atoms with E-state index in [0.717, 1.165) is 5.57 Å². The number of aliphatic hydroxyl groups is 1. The number of rotatable bonds is 0. The number of nitrogens with two attached hydrogens (primary N) is 2. The van der Waals surface area contributed by atoms with Crippen molar-refractivity contribution in [2.45, 2.75) is 18.7 Å². The summed E-state index contributed by atoms with van der Waals surface area (Å²) in [6.07, 6.45) is 4.28. The third kappa shape index (κ3) is 1.26. The van der Waals surface area contributed by atoms with Gasteiger partial charge >= 0.3 is 0 Å². The molecule has 0 amide bonds. The molecule has 1 rings (SSSR count). The summed E-state index contributed by atoms with van der Waals surface area (Å²) in [5.41, 5.74) is 10.9. The zero-order valence-corrected chi connectivity index (χ0v) is 5.91. The summed E-state index contributed by atoms with van der Waals surface area (Å²) in [5.74, 6) is 0. The smallest absolute Gasteiger partial charge is 0.114 e. The van der Waals surface area contributed by atoms with Crippen molar-refractivity contribution in [2.24, 2.45) is 11.5 Å². The molecule has 0 aliphatic heterocycles. The van der Waals surface area contributed by atoms with Crippen LogP contribution in [-0.4, -0.2) is 16.9 Å². The molecule has 5 N–H and O–H groups in total. The SMILES string of the molecule is CC1=CC(O)C(N)(N)C=C1. The van der Waals surface area contributed by atoms with E-state index in [9.17, 15) is 5.11 Å². The Kier molecular flexibility index (Phi) is 1.64. The third-order valence-electron chi connectivity index (χ3n) is 1.57. The van der Waals surface area contributed by atoms with Crippen LogP contribution in [0.5, 0.6) is 0 Å². The molecule has 0 aromatic rings. The number of hydrogen-bond acceptors (Lipinski definition) is 3. The molecule has 0 bridgehead atoms. The van der Waals surface area contributed by atoms with Gasteiger partial charge < -0.3 is 16.6 Å².